The van der Waals surface area contributed by atoms with Crippen molar-refractivity contribution in [2.75, 3.05) is 5.32 Å². The number of halogens is 2. The first-order valence-corrected chi connectivity index (χ1v) is 10.5. The number of benzene rings is 3. The SMILES string of the molecule is Cc1ccc(NC(=O)C(=O)N/N=C\c2ccccc2OCc2ccc(Br)cc2)cc1Cl. The summed E-state index contributed by atoms with van der Waals surface area (Å²) in [6.07, 6.45) is 1.42. The zero-order valence-electron chi connectivity index (χ0n) is 16.6. The summed E-state index contributed by atoms with van der Waals surface area (Å²) in [7, 11) is 0. The number of nitrogens with zero attached hydrogens (tertiary/aromatic N) is 1. The molecule has 6 nitrogen and oxygen atoms in total. The molecule has 0 saturated heterocycles. The highest BCUT2D eigenvalue weighted by atomic mass is 79.9. The number of ether oxygens (including phenoxy) is 1. The first-order valence-electron chi connectivity index (χ1n) is 9.29. The molecule has 31 heavy (non-hydrogen) atoms. The normalized spacial score (nSPS) is 10.7. The maximum atomic E-state index is 12.0. The molecule has 8 heteroatoms. The van der Waals surface area contributed by atoms with Gasteiger partial charge in [-0.3, -0.25) is 9.59 Å². The number of hydrogen-bond donors (Lipinski definition) is 2. The third-order valence-corrected chi connectivity index (χ3v) is 5.17. The number of rotatable bonds is 6. The van der Waals surface area contributed by atoms with Crippen molar-refractivity contribution < 1.29 is 14.3 Å². The van der Waals surface area contributed by atoms with Crippen LogP contribution in [0.3, 0.4) is 0 Å². The lowest BCUT2D eigenvalue weighted by Crippen LogP contribution is -2.32. The summed E-state index contributed by atoms with van der Waals surface area (Å²) in [6, 6.07) is 20.0. The summed E-state index contributed by atoms with van der Waals surface area (Å²) < 4.78 is 6.85. The summed E-state index contributed by atoms with van der Waals surface area (Å²) in [5.41, 5.74) is 5.17. The Kier molecular flexibility index (Phi) is 7.81. The molecule has 3 aromatic carbocycles. The third kappa shape index (κ3) is 6.67. The van der Waals surface area contributed by atoms with Gasteiger partial charge in [-0.2, -0.15) is 5.10 Å². The van der Waals surface area contributed by atoms with Crippen LogP contribution in [0.1, 0.15) is 16.7 Å². The van der Waals surface area contributed by atoms with E-state index in [9.17, 15) is 9.59 Å². The molecule has 0 radical (unpaired) electrons. The topological polar surface area (TPSA) is 79.8 Å². The van der Waals surface area contributed by atoms with E-state index in [4.69, 9.17) is 16.3 Å². The van der Waals surface area contributed by atoms with E-state index >= 15 is 0 Å². The van der Waals surface area contributed by atoms with Crippen LogP contribution in [0, 0.1) is 6.92 Å². The summed E-state index contributed by atoms with van der Waals surface area (Å²) in [4.78, 5) is 24.0. The van der Waals surface area contributed by atoms with Crippen molar-refractivity contribution in [2.24, 2.45) is 5.10 Å². The van der Waals surface area contributed by atoms with Crippen molar-refractivity contribution in [1.82, 2.24) is 5.43 Å². The number of carbonyl (C=O) groups excluding carboxylic acids is 2. The molecule has 2 amide bonds. The molecule has 0 aliphatic heterocycles. The molecular formula is C23H19BrClN3O3. The second kappa shape index (κ2) is 10.7. The predicted molar refractivity (Wildman–Crippen MR) is 125 cm³/mol. The van der Waals surface area contributed by atoms with Gasteiger partial charge in [0.2, 0.25) is 0 Å². The van der Waals surface area contributed by atoms with Gasteiger partial charge in [0.25, 0.3) is 0 Å². The Morgan fingerprint density at radius 2 is 1.81 bits per heavy atom. The van der Waals surface area contributed by atoms with Crippen LogP contribution in [-0.2, 0) is 16.2 Å². The first kappa shape index (κ1) is 22.5. The second-order valence-corrected chi connectivity index (χ2v) is 7.89. The van der Waals surface area contributed by atoms with Crippen LogP contribution < -0.4 is 15.5 Å². The van der Waals surface area contributed by atoms with Crippen LogP contribution in [-0.4, -0.2) is 18.0 Å². The molecule has 3 rings (SSSR count). The van der Waals surface area contributed by atoms with E-state index in [-0.39, 0.29) is 0 Å². The van der Waals surface area contributed by atoms with Crippen molar-refractivity contribution >= 4 is 51.2 Å². The smallest absolute Gasteiger partial charge is 0.329 e. The molecule has 0 atom stereocenters. The van der Waals surface area contributed by atoms with Gasteiger partial charge in [-0.1, -0.05) is 57.9 Å². The fraction of sp³-hybridized carbons (Fsp3) is 0.0870. The maximum Gasteiger partial charge on any atom is 0.329 e. The lowest BCUT2D eigenvalue weighted by molar-refractivity contribution is -0.136. The number of anilines is 1. The van der Waals surface area contributed by atoms with Crippen molar-refractivity contribution in [1.29, 1.82) is 0 Å². The van der Waals surface area contributed by atoms with Crippen LogP contribution in [0.15, 0.2) is 76.3 Å². The molecule has 0 aliphatic rings. The Bertz CT molecular complexity index is 1120. The zero-order valence-corrected chi connectivity index (χ0v) is 18.9. The van der Waals surface area contributed by atoms with Crippen LogP contribution in [0.2, 0.25) is 5.02 Å². The van der Waals surface area contributed by atoms with Crippen LogP contribution in [0.5, 0.6) is 5.75 Å². The van der Waals surface area contributed by atoms with E-state index in [1.54, 1.807) is 30.3 Å². The van der Waals surface area contributed by atoms with E-state index in [0.717, 1.165) is 15.6 Å². The Balaban J connectivity index is 1.57. The van der Waals surface area contributed by atoms with Gasteiger partial charge < -0.3 is 10.1 Å². The highest BCUT2D eigenvalue weighted by Crippen LogP contribution is 2.20. The molecule has 3 aromatic rings. The molecule has 2 N–H and O–H groups in total. The van der Waals surface area contributed by atoms with Gasteiger partial charge in [0, 0.05) is 20.7 Å². The minimum atomic E-state index is -0.902. The quantitative estimate of drug-likeness (QED) is 0.281. The highest BCUT2D eigenvalue weighted by molar-refractivity contribution is 9.10. The van der Waals surface area contributed by atoms with E-state index < -0.39 is 11.8 Å². The Morgan fingerprint density at radius 3 is 2.55 bits per heavy atom. The van der Waals surface area contributed by atoms with Crippen molar-refractivity contribution in [3.05, 3.63) is 92.9 Å². The minimum absolute atomic E-state index is 0.381. The average molecular weight is 501 g/mol. The van der Waals surface area contributed by atoms with Crippen molar-refractivity contribution in [3.8, 4) is 5.75 Å². The number of carbonyl (C=O) groups is 2. The van der Waals surface area contributed by atoms with Gasteiger partial charge in [-0.15, -0.1) is 0 Å². The zero-order chi connectivity index (χ0) is 22.2. The van der Waals surface area contributed by atoms with Gasteiger partial charge in [0.05, 0.1) is 6.21 Å². The number of aryl methyl sites for hydroxylation is 1. The number of hydrazone groups is 1. The van der Waals surface area contributed by atoms with Crippen LogP contribution in [0.25, 0.3) is 0 Å². The summed E-state index contributed by atoms with van der Waals surface area (Å²) in [6.45, 7) is 2.22. The Labute approximate surface area is 193 Å². The molecule has 158 valence electrons. The fourth-order valence-corrected chi connectivity index (χ4v) is 2.97. The Morgan fingerprint density at radius 1 is 1.06 bits per heavy atom. The third-order valence-electron chi connectivity index (χ3n) is 4.23. The molecule has 0 spiro atoms. The maximum absolute atomic E-state index is 12.0. The Hall–Kier alpha value is -3.16. The molecule has 0 bridgehead atoms. The molecule has 0 fully saturated rings. The minimum Gasteiger partial charge on any atom is -0.488 e. The summed E-state index contributed by atoms with van der Waals surface area (Å²) in [5, 5.41) is 6.84. The van der Waals surface area contributed by atoms with E-state index in [2.05, 4.69) is 31.8 Å². The van der Waals surface area contributed by atoms with Gasteiger partial charge in [-0.05, 0) is 54.4 Å². The fourth-order valence-electron chi connectivity index (χ4n) is 2.53. The number of hydrogen-bond acceptors (Lipinski definition) is 4. The van der Waals surface area contributed by atoms with Gasteiger partial charge >= 0.3 is 11.8 Å². The van der Waals surface area contributed by atoms with Crippen LogP contribution >= 0.6 is 27.5 Å². The number of para-hydroxylation sites is 1. The molecule has 0 saturated carbocycles. The van der Waals surface area contributed by atoms with Gasteiger partial charge in [0.15, 0.2) is 0 Å². The van der Waals surface area contributed by atoms with Gasteiger partial charge in [-0.25, -0.2) is 5.43 Å². The van der Waals surface area contributed by atoms with Gasteiger partial charge in [0.1, 0.15) is 12.4 Å². The molecule has 0 aromatic heterocycles. The number of nitrogens with one attached hydrogen (secondary N) is 2. The lowest BCUT2D eigenvalue weighted by atomic mass is 10.2. The summed E-state index contributed by atoms with van der Waals surface area (Å²) >= 11 is 9.43. The summed E-state index contributed by atoms with van der Waals surface area (Å²) in [5.74, 6) is -1.15. The van der Waals surface area contributed by atoms with E-state index in [0.29, 0.717) is 28.6 Å². The van der Waals surface area contributed by atoms with E-state index in [1.165, 1.54) is 6.21 Å². The van der Waals surface area contributed by atoms with Crippen molar-refractivity contribution in [3.63, 3.8) is 0 Å². The average Bonchev–Trinajstić information content (AvgIpc) is 2.76. The van der Waals surface area contributed by atoms with Crippen LogP contribution in [0.4, 0.5) is 5.69 Å². The molecular weight excluding hydrogens is 482 g/mol. The molecule has 0 unspecified atom stereocenters. The second-order valence-electron chi connectivity index (χ2n) is 6.57. The largest absolute Gasteiger partial charge is 0.488 e. The molecule has 0 heterocycles. The molecule has 0 aliphatic carbocycles. The first-order chi connectivity index (χ1) is 14.9. The highest BCUT2D eigenvalue weighted by Gasteiger charge is 2.13. The van der Waals surface area contributed by atoms with Crippen molar-refractivity contribution in [2.45, 2.75) is 13.5 Å². The standard InChI is InChI=1S/C23H19BrClN3O3/c1-15-6-11-19(12-20(15)25)27-22(29)23(30)28-26-13-17-4-2-3-5-21(17)31-14-16-7-9-18(24)10-8-16/h2-13H,14H2,1H3,(H,27,29)(H,28,30)/b26-13-. The van der Waals surface area contributed by atoms with E-state index in [1.807, 2.05) is 43.3 Å². The lowest BCUT2D eigenvalue weighted by Gasteiger charge is -2.09. The monoisotopic (exact) mass is 499 g/mol. The number of amides is 2. The predicted octanol–water partition coefficient (Wildman–Crippen LogP) is 5.08.